The zero-order chi connectivity index (χ0) is 18.4. The molecule has 132 valence electrons. The number of hydrogen-bond acceptors (Lipinski definition) is 4. The van der Waals surface area contributed by atoms with Crippen molar-refractivity contribution in [3.8, 4) is 0 Å². The van der Waals surface area contributed by atoms with E-state index in [0.717, 1.165) is 0 Å². The van der Waals surface area contributed by atoms with Crippen molar-refractivity contribution < 1.29 is 29.4 Å². The van der Waals surface area contributed by atoms with Gasteiger partial charge >= 0.3 is 11.9 Å². The molecule has 0 radical (unpaired) electrons. The van der Waals surface area contributed by atoms with Gasteiger partial charge in [0.15, 0.2) is 0 Å². The molecule has 0 saturated carbocycles. The molecule has 7 heteroatoms. The van der Waals surface area contributed by atoms with Crippen molar-refractivity contribution in [2.75, 3.05) is 0 Å². The number of Topliss-reactive ketones (excluding diaryl/α,β-unsaturated/α-hetero) is 1. The van der Waals surface area contributed by atoms with Crippen LogP contribution in [0.4, 0.5) is 0 Å². The van der Waals surface area contributed by atoms with E-state index in [9.17, 15) is 19.2 Å². The van der Waals surface area contributed by atoms with E-state index >= 15 is 0 Å². The third-order valence-electron chi connectivity index (χ3n) is 3.56. The van der Waals surface area contributed by atoms with Crippen LogP contribution in [0.3, 0.4) is 0 Å². The van der Waals surface area contributed by atoms with E-state index in [1.165, 1.54) is 6.92 Å². The third kappa shape index (κ3) is 8.32. The second-order valence-corrected chi connectivity index (χ2v) is 7.41. The number of hydrogen-bond donors (Lipinski definition) is 3. The number of amides is 1. The summed E-state index contributed by atoms with van der Waals surface area (Å²) in [5, 5.41) is 20.7. The molecule has 7 nitrogen and oxygen atoms in total. The molecule has 3 N–H and O–H groups in total. The lowest BCUT2D eigenvalue weighted by Crippen LogP contribution is -2.43. The molecule has 0 saturated heterocycles. The summed E-state index contributed by atoms with van der Waals surface area (Å²) in [6.07, 6.45) is 0.394. The Morgan fingerprint density at radius 3 is 1.96 bits per heavy atom. The topological polar surface area (TPSA) is 121 Å². The predicted molar refractivity (Wildman–Crippen MR) is 83.9 cm³/mol. The number of carboxylic acid groups (broad SMARTS) is 2. The number of aliphatic carboxylic acids is 2. The molecular weight excluding hydrogens is 302 g/mol. The molecule has 0 aromatic carbocycles. The van der Waals surface area contributed by atoms with Crippen LogP contribution in [0.5, 0.6) is 0 Å². The molecule has 0 spiro atoms. The summed E-state index contributed by atoms with van der Waals surface area (Å²) in [5.74, 6) is -2.75. The first-order chi connectivity index (χ1) is 10.3. The fraction of sp³-hybridized carbons (Fsp3) is 0.750. The minimum atomic E-state index is -1.19. The van der Waals surface area contributed by atoms with Gasteiger partial charge in [0.1, 0.15) is 11.8 Å². The standard InChI is InChI=1S/C16H27NO6/c1-10(18)6-7-11(13(20)21)17-12(19)8-15(2,3)9-16(4,5)14(22)23/h11H,6-9H2,1-5H3,(H,17,19)(H,20,21)(H,22,23). The Hall–Kier alpha value is -1.92. The van der Waals surface area contributed by atoms with E-state index in [2.05, 4.69) is 5.32 Å². The smallest absolute Gasteiger partial charge is 0.326 e. The highest BCUT2D eigenvalue weighted by Crippen LogP contribution is 2.36. The van der Waals surface area contributed by atoms with Crippen LogP contribution in [0, 0.1) is 10.8 Å². The van der Waals surface area contributed by atoms with Crippen LogP contribution in [0.2, 0.25) is 0 Å². The van der Waals surface area contributed by atoms with Crippen molar-refractivity contribution in [2.45, 2.75) is 66.3 Å². The summed E-state index contributed by atoms with van der Waals surface area (Å²) in [4.78, 5) is 45.3. The van der Waals surface area contributed by atoms with Crippen molar-refractivity contribution in [3.63, 3.8) is 0 Å². The van der Waals surface area contributed by atoms with Crippen LogP contribution in [-0.4, -0.2) is 39.9 Å². The molecule has 0 aromatic heterocycles. The average Bonchev–Trinajstić information content (AvgIpc) is 2.31. The Bertz CT molecular complexity index is 481. The second kappa shape index (κ2) is 8.08. The number of carboxylic acids is 2. The van der Waals surface area contributed by atoms with Gasteiger partial charge < -0.3 is 20.3 Å². The van der Waals surface area contributed by atoms with Crippen LogP contribution in [0.25, 0.3) is 0 Å². The van der Waals surface area contributed by atoms with E-state index in [0.29, 0.717) is 0 Å². The van der Waals surface area contributed by atoms with Crippen molar-refractivity contribution in [1.29, 1.82) is 0 Å². The van der Waals surface area contributed by atoms with Gasteiger partial charge in [0, 0.05) is 12.8 Å². The second-order valence-electron chi connectivity index (χ2n) is 7.41. The largest absolute Gasteiger partial charge is 0.481 e. The molecule has 0 aromatic rings. The first kappa shape index (κ1) is 21.1. The molecule has 0 heterocycles. The maximum absolute atomic E-state index is 12.1. The fourth-order valence-corrected chi connectivity index (χ4v) is 2.62. The highest BCUT2D eigenvalue weighted by molar-refractivity contribution is 5.84. The Balaban J connectivity index is 4.74. The van der Waals surface area contributed by atoms with Gasteiger partial charge in [-0.3, -0.25) is 9.59 Å². The third-order valence-corrected chi connectivity index (χ3v) is 3.56. The van der Waals surface area contributed by atoms with Crippen LogP contribution in [0.15, 0.2) is 0 Å². The molecule has 1 unspecified atom stereocenters. The lowest BCUT2D eigenvalue weighted by Gasteiger charge is -2.32. The average molecular weight is 329 g/mol. The molecule has 0 rings (SSSR count). The van der Waals surface area contributed by atoms with Crippen molar-refractivity contribution in [2.24, 2.45) is 10.8 Å². The van der Waals surface area contributed by atoms with Gasteiger partial charge in [0.2, 0.25) is 5.91 Å². The Morgan fingerprint density at radius 2 is 1.57 bits per heavy atom. The molecule has 23 heavy (non-hydrogen) atoms. The van der Waals surface area contributed by atoms with Gasteiger partial charge in [-0.15, -0.1) is 0 Å². The minimum Gasteiger partial charge on any atom is -0.481 e. The highest BCUT2D eigenvalue weighted by atomic mass is 16.4. The maximum atomic E-state index is 12.1. The molecule has 1 atom stereocenters. The van der Waals surface area contributed by atoms with E-state index in [4.69, 9.17) is 10.2 Å². The zero-order valence-corrected chi connectivity index (χ0v) is 14.4. The highest BCUT2D eigenvalue weighted by Gasteiger charge is 2.36. The van der Waals surface area contributed by atoms with Crippen molar-refractivity contribution in [3.05, 3.63) is 0 Å². The number of rotatable bonds is 10. The molecule has 0 aliphatic heterocycles. The summed E-state index contributed by atoms with van der Waals surface area (Å²) >= 11 is 0. The van der Waals surface area contributed by atoms with Crippen molar-refractivity contribution >= 4 is 23.6 Å². The van der Waals surface area contributed by atoms with E-state index < -0.39 is 34.7 Å². The molecule has 0 bridgehead atoms. The lowest BCUT2D eigenvalue weighted by molar-refractivity contribution is -0.149. The van der Waals surface area contributed by atoms with Gasteiger partial charge in [0.25, 0.3) is 0 Å². The van der Waals surface area contributed by atoms with Crippen LogP contribution < -0.4 is 5.32 Å². The Labute approximate surface area is 136 Å². The van der Waals surface area contributed by atoms with E-state index in [-0.39, 0.29) is 31.5 Å². The quantitative estimate of drug-likeness (QED) is 0.562. The van der Waals surface area contributed by atoms with Gasteiger partial charge in [-0.1, -0.05) is 13.8 Å². The molecule has 0 fully saturated rings. The molecule has 1 amide bonds. The van der Waals surface area contributed by atoms with Gasteiger partial charge in [-0.05, 0) is 39.0 Å². The maximum Gasteiger partial charge on any atom is 0.326 e. The normalized spacial score (nSPS) is 13.3. The van der Waals surface area contributed by atoms with Gasteiger partial charge in [-0.2, -0.15) is 0 Å². The van der Waals surface area contributed by atoms with Gasteiger partial charge in [0.05, 0.1) is 5.41 Å². The zero-order valence-electron chi connectivity index (χ0n) is 14.4. The Morgan fingerprint density at radius 1 is 1.04 bits per heavy atom. The minimum absolute atomic E-state index is 0.00750. The molecule has 0 aliphatic carbocycles. The van der Waals surface area contributed by atoms with Gasteiger partial charge in [-0.25, -0.2) is 4.79 Å². The summed E-state index contributed by atoms with van der Waals surface area (Å²) < 4.78 is 0. The first-order valence-corrected chi connectivity index (χ1v) is 7.52. The SMILES string of the molecule is CC(=O)CCC(NC(=O)CC(C)(C)CC(C)(C)C(=O)O)C(=O)O. The number of carbonyl (C=O) groups excluding carboxylic acids is 2. The van der Waals surface area contributed by atoms with Crippen LogP contribution in [0.1, 0.15) is 60.3 Å². The van der Waals surface area contributed by atoms with E-state index in [1.807, 2.05) is 0 Å². The molecule has 0 aliphatic rings. The number of ketones is 1. The summed E-state index contributed by atoms with van der Waals surface area (Å²) in [5.41, 5.74) is -1.58. The predicted octanol–water partition coefficient (Wildman–Crippen LogP) is 1.84. The number of carbonyl (C=O) groups is 4. The van der Waals surface area contributed by atoms with Crippen LogP contribution in [-0.2, 0) is 19.2 Å². The molecular formula is C16H27NO6. The monoisotopic (exact) mass is 329 g/mol. The number of nitrogens with one attached hydrogen (secondary N) is 1. The lowest BCUT2D eigenvalue weighted by atomic mass is 9.73. The van der Waals surface area contributed by atoms with Crippen molar-refractivity contribution in [1.82, 2.24) is 5.32 Å². The first-order valence-electron chi connectivity index (χ1n) is 7.52. The summed E-state index contributed by atoms with van der Waals surface area (Å²) in [6, 6.07) is -1.12. The Kier molecular flexibility index (Phi) is 7.40. The summed E-state index contributed by atoms with van der Waals surface area (Å²) in [7, 11) is 0. The van der Waals surface area contributed by atoms with E-state index in [1.54, 1.807) is 27.7 Å². The van der Waals surface area contributed by atoms with Crippen LogP contribution >= 0.6 is 0 Å². The fourth-order valence-electron chi connectivity index (χ4n) is 2.62. The summed E-state index contributed by atoms with van der Waals surface area (Å²) in [6.45, 7) is 8.06.